The van der Waals surface area contributed by atoms with Crippen LogP contribution in [0.4, 0.5) is 4.39 Å². The minimum absolute atomic E-state index is 0.203. The van der Waals surface area contributed by atoms with Crippen LogP contribution in [-0.2, 0) is 21.7 Å². The van der Waals surface area contributed by atoms with E-state index in [4.69, 9.17) is 0 Å². The summed E-state index contributed by atoms with van der Waals surface area (Å²) in [4.78, 5) is 16.4. The molecule has 0 saturated carbocycles. The lowest BCUT2D eigenvalue weighted by Crippen LogP contribution is -2.04. The molecule has 2 rings (SSSR count). The first-order valence-corrected chi connectivity index (χ1v) is 7.42. The van der Waals surface area contributed by atoms with Gasteiger partial charge in [0.15, 0.2) is 0 Å². The maximum atomic E-state index is 12.7. The van der Waals surface area contributed by atoms with E-state index in [2.05, 4.69) is 9.72 Å². The quantitative estimate of drug-likeness (QED) is 0.627. The molecule has 0 aliphatic heterocycles. The molecular formula is C13H12FNO2S2. The molecule has 1 aromatic heterocycles. The normalized spacial score (nSPS) is 10.4. The zero-order valence-corrected chi connectivity index (χ0v) is 11.9. The summed E-state index contributed by atoms with van der Waals surface area (Å²) in [5.41, 5.74) is 0.728. The molecule has 3 nitrogen and oxygen atoms in total. The monoisotopic (exact) mass is 297 g/mol. The van der Waals surface area contributed by atoms with Gasteiger partial charge in [0.05, 0.1) is 25.0 Å². The fraction of sp³-hybridized carbons (Fsp3) is 0.231. The third kappa shape index (κ3) is 4.33. The Morgan fingerprint density at radius 1 is 1.42 bits per heavy atom. The lowest BCUT2D eigenvalue weighted by molar-refractivity contribution is -0.139. The Labute approximate surface area is 118 Å². The first-order valence-electron chi connectivity index (χ1n) is 5.56. The molecule has 0 aliphatic rings. The topological polar surface area (TPSA) is 39.2 Å². The second-order valence-electron chi connectivity index (χ2n) is 3.73. The van der Waals surface area contributed by atoms with Crippen LogP contribution in [0, 0.1) is 5.82 Å². The molecule has 0 unspecified atom stereocenters. The zero-order chi connectivity index (χ0) is 13.7. The molecule has 0 bridgehead atoms. The minimum atomic E-state index is -0.289. The summed E-state index contributed by atoms with van der Waals surface area (Å²) in [5.74, 6) is 0.180. The molecule has 100 valence electrons. The number of ether oxygens (including phenoxy) is 1. The summed E-state index contributed by atoms with van der Waals surface area (Å²) < 4.78 is 17.3. The Morgan fingerprint density at radius 2 is 2.16 bits per heavy atom. The number of esters is 1. The number of thioether (sulfide) groups is 1. The molecule has 0 N–H and O–H groups in total. The summed E-state index contributed by atoms with van der Waals surface area (Å²) >= 11 is 3.10. The standard InChI is InChI=1S/C13H12FNO2S2/c1-17-13(16)6-10-7-19-12(15-10)8-18-11-4-2-9(14)3-5-11/h2-5,7H,6,8H2,1H3. The van der Waals surface area contributed by atoms with Crippen LogP contribution in [0.1, 0.15) is 10.7 Å². The summed E-state index contributed by atoms with van der Waals surface area (Å²) in [7, 11) is 1.36. The molecule has 0 spiro atoms. The van der Waals surface area contributed by atoms with E-state index in [9.17, 15) is 9.18 Å². The number of carbonyl (C=O) groups excluding carboxylic acids is 1. The van der Waals surface area contributed by atoms with Gasteiger partial charge in [0.1, 0.15) is 10.8 Å². The first-order chi connectivity index (χ1) is 9.17. The summed E-state index contributed by atoms with van der Waals surface area (Å²) in [6, 6.07) is 6.35. The molecule has 0 fully saturated rings. The van der Waals surface area contributed by atoms with Crippen molar-refractivity contribution >= 4 is 29.1 Å². The molecule has 1 heterocycles. The number of methoxy groups -OCH3 is 1. The maximum Gasteiger partial charge on any atom is 0.311 e. The lowest BCUT2D eigenvalue weighted by atomic mass is 10.3. The van der Waals surface area contributed by atoms with Crippen molar-refractivity contribution in [2.75, 3.05) is 7.11 Å². The average Bonchev–Trinajstić information content (AvgIpc) is 2.85. The maximum absolute atomic E-state index is 12.7. The van der Waals surface area contributed by atoms with E-state index in [1.54, 1.807) is 23.9 Å². The molecule has 2 aromatic rings. The Hall–Kier alpha value is -1.40. The summed E-state index contributed by atoms with van der Waals surface area (Å²) in [6.07, 6.45) is 0.203. The molecule has 6 heteroatoms. The first kappa shape index (κ1) is 14.0. The number of hydrogen-bond donors (Lipinski definition) is 0. The van der Waals surface area contributed by atoms with E-state index in [0.29, 0.717) is 5.75 Å². The largest absolute Gasteiger partial charge is 0.469 e. The molecule has 0 atom stereocenters. The van der Waals surface area contributed by atoms with E-state index < -0.39 is 0 Å². The number of rotatable bonds is 5. The van der Waals surface area contributed by atoms with Crippen molar-refractivity contribution < 1.29 is 13.9 Å². The average molecular weight is 297 g/mol. The second kappa shape index (κ2) is 6.68. The molecule has 19 heavy (non-hydrogen) atoms. The number of carbonyl (C=O) groups is 1. The third-order valence-electron chi connectivity index (χ3n) is 2.33. The van der Waals surface area contributed by atoms with Gasteiger partial charge in [-0.3, -0.25) is 4.79 Å². The van der Waals surface area contributed by atoms with Crippen LogP contribution in [0.3, 0.4) is 0 Å². The highest BCUT2D eigenvalue weighted by molar-refractivity contribution is 7.98. The minimum Gasteiger partial charge on any atom is -0.469 e. The van der Waals surface area contributed by atoms with Gasteiger partial charge in [0, 0.05) is 10.3 Å². The highest BCUT2D eigenvalue weighted by atomic mass is 32.2. The lowest BCUT2D eigenvalue weighted by Gasteiger charge is -1.98. The van der Waals surface area contributed by atoms with Gasteiger partial charge in [-0.15, -0.1) is 23.1 Å². The van der Waals surface area contributed by atoms with Crippen LogP contribution in [-0.4, -0.2) is 18.1 Å². The molecular weight excluding hydrogens is 285 g/mol. The fourth-order valence-corrected chi connectivity index (χ4v) is 3.10. The Bertz CT molecular complexity index is 554. The van der Waals surface area contributed by atoms with Crippen molar-refractivity contribution in [1.82, 2.24) is 4.98 Å². The SMILES string of the molecule is COC(=O)Cc1csc(CSc2ccc(F)cc2)n1. The van der Waals surface area contributed by atoms with Gasteiger partial charge in [-0.25, -0.2) is 9.37 Å². The van der Waals surface area contributed by atoms with E-state index in [1.807, 2.05) is 5.38 Å². The predicted molar refractivity (Wildman–Crippen MR) is 73.8 cm³/mol. The zero-order valence-electron chi connectivity index (χ0n) is 10.3. The van der Waals surface area contributed by atoms with Gasteiger partial charge < -0.3 is 4.74 Å². The van der Waals surface area contributed by atoms with Crippen LogP contribution in [0.15, 0.2) is 34.5 Å². The van der Waals surface area contributed by atoms with Gasteiger partial charge in [-0.1, -0.05) is 0 Å². The van der Waals surface area contributed by atoms with Gasteiger partial charge in [0.2, 0.25) is 0 Å². The van der Waals surface area contributed by atoms with Gasteiger partial charge in [-0.2, -0.15) is 0 Å². The van der Waals surface area contributed by atoms with Crippen molar-refractivity contribution in [2.45, 2.75) is 17.1 Å². The van der Waals surface area contributed by atoms with E-state index >= 15 is 0 Å². The van der Waals surface area contributed by atoms with Crippen molar-refractivity contribution in [3.05, 3.63) is 46.2 Å². The number of nitrogens with zero attached hydrogens (tertiary/aromatic N) is 1. The number of hydrogen-bond acceptors (Lipinski definition) is 5. The second-order valence-corrected chi connectivity index (χ2v) is 5.72. The number of thiazole rings is 1. The Kier molecular flexibility index (Phi) is 4.93. The van der Waals surface area contributed by atoms with Gasteiger partial charge in [-0.05, 0) is 24.3 Å². The fourth-order valence-electron chi connectivity index (χ4n) is 1.39. The Morgan fingerprint density at radius 3 is 2.84 bits per heavy atom. The van der Waals surface area contributed by atoms with Crippen LogP contribution < -0.4 is 0 Å². The van der Waals surface area contributed by atoms with E-state index in [0.717, 1.165) is 15.6 Å². The highest BCUT2D eigenvalue weighted by Crippen LogP contribution is 2.24. The summed E-state index contributed by atoms with van der Waals surface area (Å²) in [5, 5.41) is 2.80. The van der Waals surface area contributed by atoms with E-state index in [-0.39, 0.29) is 18.2 Å². The van der Waals surface area contributed by atoms with Crippen LogP contribution in [0.25, 0.3) is 0 Å². The number of halogens is 1. The van der Waals surface area contributed by atoms with Gasteiger partial charge in [0.25, 0.3) is 0 Å². The van der Waals surface area contributed by atoms with Crippen molar-refractivity contribution in [1.29, 1.82) is 0 Å². The molecule has 0 radical (unpaired) electrons. The molecule has 0 amide bonds. The van der Waals surface area contributed by atoms with Gasteiger partial charge >= 0.3 is 5.97 Å². The summed E-state index contributed by atoms with van der Waals surface area (Å²) in [6.45, 7) is 0. The molecule has 1 aromatic carbocycles. The smallest absolute Gasteiger partial charge is 0.311 e. The van der Waals surface area contributed by atoms with Crippen molar-refractivity contribution in [3.8, 4) is 0 Å². The Balaban J connectivity index is 1.89. The third-order valence-corrected chi connectivity index (χ3v) is 4.43. The van der Waals surface area contributed by atoms with Crippen LogP contribution in [0.5, 0.6) is 0 Å². The molecule has 0 aliphatic carbocycles. The number of aromatic nitrogens is 1. The molecule has 0 saturated heterocycles. The highest BCUT2D eigenvalue weighted by Gasteiger charge is 2.08. The van der Waals surface area contributed by atoms with Crippen LogP contribution >= 0.6 is 23.1 Å². The predicted octanol–water partition coefficient (Wildman–Crippen LogP) is 3.29. The number of benzene rings is 1. The van der Waals surface area contributed by atoms with Crippen LogP contribution in [0.2, 0.25) is 0 Å². The van der Waals surface area contributed by atoms with Crippen molar-refractivity contribution in [3.63, 3.8) is 0 Å². The van der Waals surface area contributed by atoms with E-state index in [1.165, 1.54) is 30.6 Å². The van der Waals surface area contributed by atoms with Crippen molar-refractivity contribution in [2.24, 2.45) is 0 Å².